The highest BCUT2D eigenvalue weighted by Gasteiger charge is 2.21. The number of hydrogen-bond donors (Lipinski definition) is 1. The first-order valence-electron chi connectivity index (χ1n) is 13.1. The number of benzene rings is 2. The highest BCUT2D eigenvalue weighted by Crippen LogP contribution is 2.21. The maximum atomic E-state index is 13.7. The monoisotopic (exact) mass is 460 g/mol. The number of fused-ring (bicyclic) bond motifs is 1. The molecule has 1 fully saturated rings. The van der Waals surface area contributed by atoms with Gasteiger partial charge in [-0.3, -0.25) is 4.79 Å². The van der Waals surface area contributed by atoms with Gasteiger partial charge in [0, 0.05) is 31.2 Å². The fraction of sp³-hybridized carbons (Fsp3) is 0.517. The molecule has 1 N–H and O–H groups in total. The third-order valence-electron chi connectivity index (χ3n) is 6.90. The van der Waals surface area contributed by atoms with Crippen LogP contribution in [0.1, 0.15) is 81.0 Å². The van der Waals surface area contributed by atoms with E-state index in [-0.39, 0.29) is 5.91 Å². The van der Waals surface area contributed by atoms with Gasteiger partial charge in [-0.2, -0.15) is 0 Å². The normalized spacial score (nSPS) is 14.4. The lowest BCUT2D eigenvalue weighted by atomic mass is 10.1. The second-order valence-electron chi connectivity index (χ2n) is 10.1. The van der Waals surface area contributed by atoms with Crippen molar-refractivity contribution in [2.24, 2.45) is 5.92 Å². The molecule has 1 aliphatic carbocycles. The maximum Gasteiger partial charge on any atom is 0.254 e. The van der Waals surface area contributed by atoms with Gasteiger partial charge in [-0.1, -0.05) is 57.9 Å². The second-order valence-corrected chi connectivity index (χ2v) is 10.1. The molecule has 182 valence electrons. The molecule has 0 unspecified atom stereocenters. The topological polar surface area (TPSA) is 50.2 Å². The predicted molar refractivity (Wildman–Crippen MR) is 140 cm³/mol. The van der Waals surface area contributed by atoms with Crippen LogP contribution in [0.3, 0.4) is 0 Å². The van der Waals surface area contributed by atoms with Gasteiger partial charge >= 0.3 is 0 Å². The van der Waals surface area contributed by atoms with Crippen LogP contribution in [0.15, 0.2) is 48.5 Å². The van der Waals surface area contributed by atoms with Gasteiger partial charge in [0.2, 0.25) is 0 Å². The average Bonchev–Trinajstić information content (AvgIpc) is 3.48. The molecule has 1 aromatic heterocycles. The molecule has 2 aromatic carbocycles. The quantitative estimate of drug-likeness (QED) is 0.372. The smallest absolute Gasteiger partial charge is 0.254 e. The van der Waals surface area contributed by atoms with Crippen molar-refractivity contribution in [1.82, 2.24) is 19.8 Å². The molecule has 0 bridgehead atoms. The van der Waals surface area contributed by atoms with Crippen LogP contribution < -0.4 is 5.32 Å². The van der Waals surface area contributed by atoms with Crippen molar-refractivity contribution < 1.29 is 4.79 Å². The fourth-order valence-corrected chi connectivity index (χ4v) is 4.95. The molecule has 34 heavy (non-hydrogen) atoms. The van der Waals surface area contributed by atoms with Crippen LogP contribution in [0.2, 0.25) is 0 Å². The van der Waals surface area contributed by atoms with Crippen LogP contribution in [-0.2, 0) is 19.6 Å². The zero-order valence-electron chi connectivity index (χ0n) is 21.1. The Labute approximate surface area is 204 Å². The van der Waals surface area contributed by atoms with E-state index in [2.05, 4.69) is 61.0 Å². The zero-order valence-corrected chi connectivity index (χ0v) is 21.1. The summed E-state index contributed by atoms with van der Waals surface area (Å²) < 4.78 is 2.28. The molecule has 3 aromatic rings. The van der Waals surface area contributed by atoms with Gasteiger partial charge in [0.05, 0.1) is 17.6 Å². The van der Waals surface area contributed by atoms with E-state index in [1.165, 1.54) is 31.2 Å². The molecule has 0 spiro atoms. The Kier molecular flexibility index (Phi) is 8.39. The Hall–Kier alpha value is -2.66. The Morgan fingerprint density at radius 3 is 2.71 bits per heavy atom. The Balaban J connectivity index is 1.55. The number of aryl methyl sites for hydroxylation is 1. The van der Waals surface area contributed by atoms with Crippen molar-refractivity contribution in [1.29, 1.82) is 0 Å². The van der Waals surface area contributed by atoms with Gasteiger partial charge < -0.3 is 14.8 Å². The molecule has 0 atom stereocenters. The van der Waals surface area contributed by atoms with Crippen LogP contribution >= 0.6 is 0 Å². The standard InChI is InChI=1S/C29H40N4O/c1-4-17-33-27-15-8-7-14-26(27)31-28(33)21-32(18-16-22(2)3)29(34)24-11-9-10-23(19-24)20-30-25-12-5-6-13-25/h7-11,14-15,19,22,25,30H,4-6,12-13,16-18,20-21H2,1-3H3. The SMILES string of the molecule is CCCn1c(CN(CCC(C)C)C(=O)c2cccc(CNC3CCCC3)c2)nc2ccccc21. The summed E-state index contributed by atoms with van der Waals surface area (Å²) in [5, 5.41) is 3.67. The largest absolute Gasteiger partial charge is 0.331 e. The average molecular weight is 461 g/mol. The number of imidazole rings is 1. The van der Waals surface area contributed by atoms with Crippen LogP contribution in [0.5, 0.6) is 0 Å². The minimum Gasteiger partial charge on any atom is -0.331 e. The zero-order chi connectivity index (χ0) is 23.9. The van der Waals surface area contributed by atoms with Gasteiger partial charge in [0.15, 0.2) is 0 Å². The molecule has 5 heteroatoms. The molecule has 5 nitrogen and oxygen atoms in total. The number of aromatic nitrogens is 2. The van der Waals surface area contributed by atoms with E-state index in [0.29, 0.717) is 18.5 Å². The molecule has 1 aliphatic rings. The van der Waals surface area contributed by atoms with E-state index in [9.17, 15) is 4.79 Å². The molecule has 1 heterocycles. The van der Waals surface area contributed by atoms with E-state index in [1.807, 2.05) is 23.1 Å². The van der Waals surface area contributed by atoms with Crippen molar-refractivity contribution in [3.05, 3.63) is 65.5 Å². The van der Waals surface area contributed by atoms with E-state index < -0.39 is 0 Å². The molecule has 1 amide bonds. The first-order valence-corrected chi connectivity index (χ1v) is 13.1. The third-order valence-corrected chi connectivity index (χ3v) is 6.90. The number of nitrogens with one attached hydrogen (secondary N) is 1. The lowest BCUT2D eigenvalue weighted by Gasteiger charge is -2.24. The van der Waals surface area contributed by atoms with Gasteiger partial charge in [-0.15, -0.1) is 0 Å². The summed E-state index contributed by atoms with van der Waals surface area (Å²) in [4.78, 5) is 20.6. The Morgan fingerprint density at radius 1 is 1.15 bits per heavy atom. The number of carbonyl (C=O) groups is 1. The molecule has 0 aliphatic heterocycles. The van der Waals surface area contributed by atoms with Crippen LogP contribution in [-0.4, -0.2) is 32.9 Å². The van der Waals surface area contributed by atoms with E-state index in [4.69, 9.17) is 4.98 Å². The van der Waals surface area contributed by atoms with Crippen molar-refractivity contribution in [3.8, 4) is 0 Å². The minimum atomic E-state index is 0.0958. The molecule has 1 saturated carbocycles. The Bertz CT molecular complexity index is 1080. The van der Waals surface area contributed by atoms with Gasteiger partial charge in [0.1, 0.15) is 5.82 Å². The summed E-state index contributed by atoms with van der Waals surface area (Å²) >= 11 is 0. The minimum absolute atomic E-state index is 0.0958. The summed E-state index contributed by atoms with van der Waals surface area (Å²) in [6.45, 7) is 9.61. The number of rotatable bonds is 11. The molecule has 0 radical (unpaired) electrons. The maximum absolute atomic E-state index is 13.7. The molecular weight excluding hydrogens is 420 g/mol. The van der Waals surface area contributed by atoms with Crippen molar-refractivity contribution >= 4 is 16.9 Å². The fourth-order valence-electron chi connectivity index (χ4n) is 4.95. The van der Waals surface area contributed by atoms with Crippen molar-refractivity contribution in [2.75, 3.05) is 6.54 Å². The van der Waals surface area contributed by atoms with Crippen LogP contribution in [0, 0.1) is 5.92 Å². The summed E-state index contributed by atoms with van der Waals surface area (Å²) in [6, 6.07) is 17.1. The number of amides is 1. The van der Waals surface area contributed by atoms with Crippen LogP contribution in [0.25, 0.3) is 11.0 Å². The number of hydrogen-bond acceptors (Lipinski definition) is 3. The highest BCUT2D eigenvalue weighted by molar-refractivity contribution is 5.94. The lowest BCUT2D eigenvalue weighted by Crippen LogP contribution is -2.33. The van der Waals surface area contributed by atoms with E-state index >= 15 is 0 Å². The van der Waals surface area contributed by atoms with E-state index in [1.54, 1.807) is 0 Å². The highest BCUT2D eigenvalue weighted by atomic mass is 16.2. The number of carbonyl (C=O) groups excluding carboxylic acids is 1. The molecule has 4 rings (SSSR count). The summed E-state index contributed by atoms with van der Waals surface area (Å²) in [7, 11) is 0. The van der Waals surface area contributed by atoms with Crippen molar-refractivity contribution in [2.45, 2.75) is 85.0 Å². The molecular formula is C29H40N4O. The number of para-hydroxylation sites is 2. The second kappa shape index (κ2) is 11.7. The Morgan fingerprint density at radius 2 is 1.94 bits per heavy atom. The first-order chi connectivity index (χ1) is 16.5. The first kappa shape index (κ1) is 24.5. The summed E-state index contributed by atoms with van der Waals surface area (Å²) in [5.74, 6) is 1.60. The summed E-state index contributed by atoms with van der Waals surface area (Å²) in [6.07, 6.45) is 7.18. The van der Waals surface area contributed by atoms with Gasteiger partial charge in [-0.25, -0.2) is 4.98 Å². The third kappa shape index (κ3) is 6.06. The van der Waals surface area contributed by atoms with Gasteiger partial charge in [0.25, 0.3) is 5.91 Å². The number of nitrogens with zero attached hydrogens (tertiary/aromatic N) is 3. The lowest BCUT2D eigenvalue weighted by molar-refractivity contribution is 0.0729. The van der Waals surface area contributed by atoms with E-state index in [0.717, 1.165) is 54.9 Å². The van der Waals surface area contributed by atoms with Crippen LogP contribution in [0.4, 0.5) is 0 Å². The van der Waals surface area contributed by atoms with Gasteiger partial charge in [-0.05, 0) is 61.4 Å². The van der Waals surface area contributed by atoms with Crippen molar-refractivity contribution in [3.63, 3.8) is 0 Å². The predicted octanol–water partition coefficient (Wildman–Crippen LogP) is 6.17. The molecule has 0 saturated heterocycles. The summed E-state index contributed by atoms with van der Waals surface area (Å²) in [5.41, 5.74) is 4.10.